The van der Waals surface area contributed by atoms with Gasteiger partial charge in [0, 0.05) is 23.8 Å². The van der Waals surface area contributed by atoms with Gasteiger partial charge in [-0.25, -0.2) is 0 Å². The van der Waals surface area contributed by atoms with Crippen LogP contribution < -0.4 is 10.2 Å². The number of rotatable bonds is 8. The third-order valence-corrected chi connectivity index (χ3v) is 5.47. The molecule has 3 rings (SSSR count). The molecule has 2 atom stereocenters. The number of carbonyl (C=O) groups is 1. The average Bonchev–Trinajstić information content (AvgIpc) is 2.68. The number of nitrogens with zero attached hydrogens (tertiary/aromatic N) is 1. The maximum absolute atomic E-state index is 13.0. The number of hydrogen-bond donors (Lipinski definition) is 1. The number of fused-ring (bicyclic) bond motifs is 1. The average molecular weight is 365 g/mol. The number of unbranched alkanes of at least 4 members (excludes halogenated alkanes) is 4. The third-order valence-electron chi connectivity index (χ3n) is 5.47. The molecule has 0 radical (unpaired) electrons. The molecule has 0 saturated heterocycles. The Bertz CT molecular complexity index is 728. The van der Waals surface area contributed by atoms with Crippen LogP contribution in [0.4, 0.5) is 11.4 Å². The number of nitrogens with one attached hydrogen (secondary N) is 1. The zero-order chi connectivity index (χ0) is 19.1. The van der Waals surface area contributed by atoms with Crippen LogP contribution in [0.3, 0.4) is 0 Å². The lowest BCUT2D eigenvalue weighted by molar-refractivity contribution is -0.119. The van der Waals surface area contributed by atoms with Gasteiger partial charge in [-0.05, 0) is 43.5 Å². The molecular weight excluding hydrogens is 332 g/mol. The Morgan fingerprint density at radius 2 is 1.70 bits per heavy atom. The highest BCUT2D eigenvalue weighted by molar-refractivity contribution is 5.95. The van der Waals surface area contributed by atoms with Crippen LogP contribution in [0.15, 0.2) is 54.6 Å². The smallest absolute Gasteiger partial charge is 0.227 e. The molecule has 0 unspecified atom stereocenters. The van der Waals surface area contributed by atoms with Gasteiger partial charge in [0.05, 0.1) is 6.04 Å². The molecule has 0 spiro atoms. The van der Waals surface area contributed by atoms with Crippen LogP contribution in [0.5, 0.6) is 0 Å². The molecule has 0 saturated carbocycles. The molecule has 3 heteroatoms. The van der Waals surface area contributed by atoms with Crippen LogP contribution in [0.25, 0.3) is 0 Å². The Hall–Kier alpha value is -2.29. The first-order chi connectivity index (χ1) is 13.2. The summed E-state index contributed by atoms with van der Waals surface area (Å²) >= 11 is 0. The van der Waals surface area contributed by atoms with E-state index in [-0.39, 0.29) is 18.0 Å². The molecule has 27 heavy (non-hydrogen) atoms. The second-order valence-electron chi connectivity index (χ2n) is 7.63. The molecule has 144 valence electrons. The van der Waals surface area contributed by atoms with Crippen molar-refractivity contribution in [3.05, 3.63) is 60.2 Å². The first-order valence-corrected chi connectivity index (χ1v) is 10.4. The number of amides is 1. The summed E-state index contributed by atoms with van der Waals surface area (Å²) < 4.78 is 0. The van der Waals surface area contributed by atoms with Gasteiger partial charge in [0.2, 0.25) is 5.91 Å². The van der Waals surface area contributed by atoms with Gasteiger partial charge in [0.15, 0.2) is 0 Å². The van der Waals surface area contributed by atoms with Crippen LogP contribution in [-0.4, -0.2) is 11.9 Å². The Morgan fingerprint density at radius 1 is 1.00 bits per heavy atom. The SMILES string of the molecule is CCCCCCCC(=O)N1c2ccccc2[C@@H](Nc2ccccc2)C[C@H]1C. The Labute approximate surface area is 163 Å². The molecule has 0 aliphatic carbocycles. The van der Waals surface area contributed by atoms with Crippen molar-refractivity contribution < 1.29 is 4.79 Å². The molecule has 1 N–H and O–H groups in total. The predicted molar refractivity (Wildman–Crippen MR) is 114 cm³/mol. The minimum Gasteiger partial charge on any atom is -0.378 e. The van der Waals surface area contributed by atoms with E-state index >= 15 is 0 Å². The van der Waals surface area contributed by atoms with E-state index in [0.717, 1.165) is 30.6 Å². The summed E-state index contributed by atoms with van der Waals surface area (Å²) in [5, 5.41) is 3.66. The second-order valence-corrected chi connectivity index (χ2v) is 7.63. The third kappa shape index (κ3) is 4.91. The van der Waals surface area contributed by atoms with Crippen molar-refractivity contribution in [2.24, 2.45) is 0 Å². The fraction of sp³-hybridized carbons (Fsp3) is 0.458. The van der Waals surface area contributed by atoms with E-state index in [1.54, 1.807) is 0 Å². The van der Waals surface area contributed by atoms with Crippen molar-refractivity contribution in [3.63, 3.8) is 0 Å². The second kappa shape index (κ2) is 9.59. The lowest BCUT2D eigenvalue weighted by atomic mass is 9.91. The monoisotopic (exact) mass is 364 g/mol. The van der Waals surface area contributed by atoms with Gasteiger partial charge in [-0.2, -0.15) is 0 Å². The summed E-state index contributed by atoms with van der Waals surface area (Å²) in [6.45, 7) is 4.39. The molecular formula is C24H32N2O. The number of anilines is 2. The number of benzene rings is 2. The molecule has 1 amide bonds. The van der Waals surface area contributed by atoms with E-state index in [9.17, 15) is 4.79 Å². The topological polar surface area (TPSA) is 32.3 Å². The quantitative estimate of drug-likeness (QED) is 0.555. The van der Waals surface area contributed by atoms with Gasteiger partial charge in [-0.15, -0.1) is 0 Å². The summed E-state index contributed by atoms with van der Waals surface area (Å²) in [4.78, 5) is 15.0. The number of hydrogen-bond acceptors (Lipinski definition) is 2. The van der Waals surface area contributed by atoms with Crippen molar-refractivity contribution in [3.8, 4) is 0 Å². The standard InChI is InChI=1S/C24H32N2O/c1-3-4-5-6-10-17-24(27)26-19(2)18-22(21-15-11-12-16-23(21)26)25-20-13-8-7-9-14-20/h7-9,11-16,19,22,25H,3-6,10,17-18H2,1-2H3/t19-,22+/m1/s1. The summed E-state index contributed by atoms with van der Waals surface area (Å²) in [6.07, 6.45) is 7.47. The molecule has 0 bridgehead atoms. The normalized spacial score (nSPS) is 18.8. The van der Waals surface area contributed by atoms with Gasteiger partial charge in [0.1, 0.15) is 0 Å². The summed E-state index contributed by atoms with van der Waals surface area (Å²) in [5.74, 6) is 0.268. The largest absolute Gasteiger partial charge is 0.378 e. The molecule has 2 aromatic carbocycles. The van der Waals surface area contributed by atoms with E-state index in [4.69, 9.17) is 0 Å². The molecule has 1 heterocycles. The van der Waals surface area contributed by atoms with Crippen LogP contribution in [0.1, 0.15) is 70.4 Å². The zero-order valence-electron chi connectivity index (χ0n) is 16.7. The molecule has 0 aromatic heterocycles. The highest BCUT2D eigenvalue weighted by Crippen LogP contribution is 2.39. The maximum atomic E-state index is 13.0. The van der Waals surface area contributed by atoms with E-state index in [1.807, 2.05) is 17.0 Å². The molecule has 1 aliphatic rings. The van der Waals surface area contributed by atoms with Crippen LogP contribution >= 0.6 is 0 Å². The Morgan fingerprint density at radius 3 is 2.48 bits per heavy atom. The zero-order valence-corrected chi connectivity index (χ0v) is 16.7. The van der Waals surface area contributed by atoms with Crippen LogP contribution in [0.2, 0.25) is 0 Å². The first-order valence-electron chi connectivity index (χ1n) is 10.4. The molecule has 0 fully saturated rings. The Balaban J connectivity index is 1.72. The molecule has 2 aromatic rings. The highest BCUT2D eigenvalue weighted by atomic mass is 16.2. The van der Waals surface area contributed by atoms with E-state index in [1.165, 1.54) is 24.8 Å². The van der Waals surface area contributed by atoms with Gasteiger partial charge in [-0.3, -0.25) is 4.79 Å². The van der Waals surface area contributed by atoms with Gasteiger partial charge in [-0.1, -0.05) is 69.0 Å². The minimum absolute atomic E-state index is 0.198. The maximum Gasteiger partial charge on any atom is 0.227 e. The van der Waals surface area contributed by atoms with E-state index in [2.05, 4.69) is 61.6 Å². The highest BCUT2D eigenvalue weighted by Gasteiger charge is 2.33. The van der Waals surface area contributed by atoms with E-state index in [0.29, 0.717) is 6.42 Å². The van der Waals surface area contributed by atoms with Crippen LogP contribution in [0, 0.1) is 0 Å². The fourth-order valence-electron chi connectivity index (χ4n) is 4.07. The van der Waals surface area contributed by atoms with Crippen LogP contribution in [-0.2, 0) is 4.79 Å². The van der Waals surface area contributed by atoms with Gasteiger partial charge >= 0.3 is 0 Å². The van der Waals surface area contributed by atoms with Crippen molar-refractivity contribution in [2.75, 3.05) is 10.2 Å². The van der Waals surface area contributed by atoms with Crippen molar-refractivity contribution in [2.45, 2.75) is 70.9 Å². The summed E-state index contributed by atoms with van der Waals surface area (Å²) in [7, 11) is 0. The first kappa shape index (κ1) is 19.5. The molecule has 1 aliphatic heterocycles. The van der Waals surface area contributed by atoms with Gasteiger partial charge in [0.25, 0.3) is 0 Å². The predicted octanol–water partition coefficient (Wildman–Crippen LogP) is 6.33. The Kier molecular flexibility index (Phi) is 6.92. The number of para-hydroxylation sites is 2. The van der Waals surface area contributed by atoms with Crippen molar-refractivity contribution in [1.82, 2.24) is 0 Å². The molecule has 3 nitrogen and oxygen atoms in total. The summed E-state index contributed by atoms with van der Waals surface area (Å²) in [6, 6.07) is 19.1. The number of carbonyl (C=O) groups excluding carboxylic acids is 1. The van der Waals surface area contributed by atoms with Crippen molar-refractivity contribution >= 4 is 17.3 Å². The minimum atomic E-state index is 0.198. The fourth-order valence-corrected chi connectivity index (χ4v) is 4.07. The lowest BCUT2D eigenvalue weighted by Gasteiger charge is -2.40. The summed E-state index contributed by atoms with van der Waals surface area (Å²) in [5.41, 5.74) is 3.42. The van der Waals surface area contributed by atoms with Crippen molar-refractivity contribution in [1.29, 1.82) is 0 Å². The lowest BCUT2D eigenvalue weighted by Crippen LogP contribution is -2.44. The van der Waals surface area contributed by atoms with Gasteiger partial charge < -0.3 is 10.2 Å². The van der Waals surface area contributed by atoms with E-state index < -0.39 is 0 Å².